The van der Waals surface area contributed by atoms with Gasteiger partial charge in [-0.3, -0.25) is 19.5 Å². The number of anilines is 1. The van der Waals surface area contributed by atoms with E-state index in [1.54, 1.807) is 60.9 Å². The molecular formula is C25H17ClN2O4. The molecule has 1 aliphatic heterocycles. The monoisotopic (exact) mass is 444 g/mol. The van der Waals surface area contributed by atoms with Crippen molar-refractivity contribution in [3.05, 3.63) is 106 Å². The average molecular weight is 445 g/mol. The SMILES string of the molecule is Cc1cc(Cl)ccc1N1C(=O)C(O)=C(C(=O)c2cc3ccccc3o2)C1c1cccnc1. The molecular weight excluding hydrogens is 428 g/mol. The normalized spacial score (nSPS) is 16.2. The molecule has 5 rings (SSSR count). The molecule has 0 radical (unpaired) electrons. The summed E-state index contributed by atoms with van der Waals surface area (Å²) >= 11 is 6.10. The number of ketones is 1. The van der Waals surface area contributed by atoms with E-state index in [0.29, 0.717) is 21.9 Å². The number of rotatable bonds is 4. The van der Waals surface area contributed by atoms with Crippen LogP contribution in [0, 0.1) is 6.92 Å². The Labute approximate surface area is 188 Å². The van der Waals surface area contributed by atoms with E-state index in [-0.39, 0.29) is 11.3 Å². The fourth-order valence-electron chi connectivity index (χ4n) is 4.05. The first-order valence-electron chi connectivity index (χ1n) is 9.91. The Morgan fingerprint density at radius 2 is 1.94 bits per heavy atom. The summed E-state index contributed by atoms with van der Waals surface area (Å²) in [4.78, 5) is 32.3. The summed E-state index contributed by atoms with van der Waals surface area (Å²) in [7, 11) is 0. The maximum absolute atomic E-state index is 13.5. The van der Waals surface area contributed by atoms with Crippen molar-refractivity contribution in [2.24, 2.45) is 0 Å². The molecule has 3 heterocycles. The zero-order valence-electron chi connectivity index (χ0n) is 16.9. The molecule has 2 aromatic carbocycles. The van der Waals surface area contributed by atoms with Crippen LogP contribution < -0.4 is 4.90 Å². The number of hydrogen-bond donors (Lipinski definition) is 1. The molecule has 1 unspecified atom stereocenters. The highest BCUT2D eigenvalue weighted by atomic mass is 35.5. The van der Waals surface area contributed by atoms with Gasteiger partial charge in [0.25, 0.3) is 5.91 Å². The Morgan fingerprint density at radius 3 is 2.66 bits per heavy atom. The van der Waals surface area contributed by atoms with E-state index in [9.17, 15) is 14.7 Å². The summed E-state index contributed by atoms with van der Waals surface area (Å²) in [5, 5.41) is 12.1. The van der Waals surface area contributed by atoms with Crippen LogP contribution in [0.25, 0.3) is 11.0 Å². The zero-order chi connectivity index (χ0) is 22.4. The van der Waals surface area contributed by atoms with Crippen LogP contribution in [0.1, 0.15) is 27.7 Å². The van der Waals surface area contributed by atoms with Gasteiger partial charge in [-0.05, 0) is 54.4 Å². The number of benzene rings is 2. The molecule has 1 N–H and O–H groups in total. The van der Waals surface area contributed by atoms with Crippen molar-refractivity contribution in [2.45, 2.75) is 13.0 Å². The van der Waals surface area contributed by atoms with Crippen molar-refractivity contribution in [3.63, 3.8) is 0 Å². The zero-order valence-corrected chi connectivity index (χ0v) is 17.7. The highest BCUT2D eigenvalue weighted by molar-refractivity contribution is 6.30. The lowest BCUT2D eigenvalue weighted by atomic mass is 9.95. The molecule has 0 spiro atoms. The van der Waals surface area contributed by atoms with E-state index in [4.69, 9.17) is 16.0 Å². The second-order valence-electron chi connectivity index (χ2n) is 7.53. The lowest BCUT2D eigenvalue weighted by Crippen LogP contribution is -2.31. The number of aliphatic hydroxyl groups is 1. The first-order valence-corrected chi connectivity index (χ1v) is 10.3. The third-order valence-corrected chi connectivity index (χ3v) is 5.76. The number of fused-ring (bicyclic) bond motifs is 1. The number of hydrogen-bond acceptors (Lipinski definition) is 5. The van der Waals surface area contributed by atoms with E-state index in [1.165, 1.54) is 4.90 Å². The van der Waals surface area contributed by atoms with Gasteiger partial charge in [0.1, 0.15) is 5.58 Å². The first kappa shape index (κ1) is 20.0. The lowest BCUT2D eigenvalue weighted by Gasteiger charge is -2.27. The van der Waals surface area contributed by atoms with Crippen molar-refractivity contribution in [3.8, 4) is 0 Å². The smallest absolute Gasteiger partial charge is 0.294 e. The second kappa shape index (κ2) is 7.66. The number of para-hydroxylation sites is 1. The van der Waals surface area contributed by atoms with Crippen LogP contribution in [0.4, 0.5) is 5.69 Å². The van der Waals surface area contributed by atoms with Crippen molar-refractivity contribution < 1.29 is 19.1 Å². The highest BCUT2D eigenvalue weighted by Gasteiger charge is 2.45. The summed E-state index contributed by atoms with van der Waals surface area (Å²) in [5.74, 6) is -1.80. The molecule has 4 aromatic rings. The van der Waals surface area contributed by atoms with Crippen LogP contribution in [0.15, 0.2) is 88.8 Å². The van der Waals surface area contributed by atoms with Crippen LogP contribution in [0.2, 0.25) is 5.02 Å². The number of carbonyl (C=O) groups excluding carboxylic acids is 2. The number of halogens is 1. The van der Waals surface area contributed by atoms with Crippen molar-refractivity contribution in [1.82, 2.24) is 4.98 Å². The molecule has 6 nitrogen and oxygen atoms in total. The van der Waals surface area contributed by atoms with Crippen LogP contribution in [-0.2, 0) is 4.79 Å². The third kappa shape index (κ3) is 3.16. The van der Waals surface area contributed by atoms with E-state index < -0.39 is 23.5 Å². The Hall–Kier alpha value is -3.90. The Balaban J connectivity index is 1.67. The van der Waals surface area contributed by atoms with E-state index in [2.05, 4.69) is 4.98 Å². The van der Waals surface area contributed by atoms with Crippen LogP contribution >= 0.6 is 11.6 Å². The minimum absolute atomic E-state index is 0.0455. The summed E-state index contributed by atoms with van der Waals surface area (Å²) < 4.78 is 5.73. The fourth-order valence-corrected chi connectivity index (χ4v) is 4.28. The Bertz CT molecular complexity index is 1380. The molecule has 0 saturated carbocycles. The topological polar surface area (TPSA) is 83.6 Å². The number of aromatic nitrogens is 1. The minimum atomic E-state index is -0.878. The molecule has 1 atom stereocenters. The number of carbonyl (C=O) groups is 2. The molecule has 1 amide bonds. The Kier molecular flexibility index (Phi) is 4.79. The van der Waals surface area contributed by atoms with E-state index in [1.807, 2.05) is 19.1 Å². The molecule has 32 heavy (non-hydrogen) atoms. The number of furan rings is 1. The number of nitrogens with zero attached hydrogens (tertiary/aromatic N) is 2. The Morgan fingerprint density at radius 1 is 1.12 bits per heavy atom. The van der Waals surface area contributed by atoms with Gasteiger partial charge < -0.3 is 9.52 Å². The average Bonchev–Trinajstić information content (AvgIpc) is 3.34. The quantitative estimate of drug-likeness (QED) is 0.416. The van der Waals surface area contributed by atoms with Gasteiger partial charge in [-0.25, -0.2) is 0 Å². The van der Waals surface area contributed by atoms with Gasteiger partial charge in [0.05, 0.1) is 11.6 Å². The van der Waals surface area contributed by atoms with Crippen LogP contribution in [-0.4, -0.2) is 21.8 Å². The first-order chi connectivity index (χ1) is 15.5. The summed E-state index contributed by atoms with van der Waals surface area (Å²) in [6, 6.07) is 16.5. The molecule has 158 valence electrons. The largest absolute Gasteiger partial charge is 0.503 e. The van der Waals surface area contributed by atoms with E-state index in [0.717, 1.165) is 10.9 Å². The molecule has 7 heteroatoms. The predicted octanol–water partition coefficient (Wildman–Crippen LogP) is 5.57. The van der Waals surface area contributed by atoms with Gasteiger partial charge in [-0.1, -0.05) is 35.9 Å². The standard InChI is InChI=1S/C25H17ClN2O4/c1-14-11-17(26)8-9-18(14)28-22(16-6-4-10-27-13-16)21(24(30)25(28)31)23(29)20-12-15-5-2-3-7-19(15)32-20/h2-13,22,30H,1H3. The second-order valence-corrected chi connectivity index (χ2v) is 7.97. The fraction of sp³-hybridized carbons (Fsp3) is 0.0800. The van der Waals surface area contributed by atoms with Crippen molar-refractivity contribution in [2.75, 3.05) is 4.90 Å². The van der Waals surface area contributed by atoms with Gasteiger partial charge in [-0.15, -0.1) is 0 Å². The lowest BCUT2D eigenvalue weighted by molar-refractivity contribution is -0.117. The van der Waals surface area contributed by atoms with Gasteiger partial charge in [0.2, 0.25) is 5.78 Å². The third-order valence-electron chi connectivity index (χ3n) is 5.52. The van der Waals surface area contributed by atoms with Crippen LogP contribution in [0.5, 0.6) is 0 Å². The minimum Gasteiger partial charge on any atom is -0.503 e. The maximum atomic E-state index is 13.5. The van der Waals surface area contributed by atoms with Crippen LogP contribution in [0.3, 0.4) is 0 Å². The van der Waals surface area contributed by atoms with Gasteiger partial charge in [-0.2, -0.15) is 0 Å². The predicted molar refractivity (Wildman–Crippen MR) is 121 cm³/mol. The molecule has 2 aromatic heterocycles. The molecule has 1 aliphatic rings. The number of aryl methyl sites for hydroxylation is 1. The maximum Gasteiger partial charge on any atom is 0.294 e. The number of Topliss-reactive ketones (excluding diaryl/α,β-unsaturated/α-hetero) is 1. The molecule has 0 fully saturated rings. The summed E-state index contributed by atoms with van der Waals surface area (Å²) in [6.45, 7) is 1.81. The number of pyridine rings is 1. The van der Waals surface area contributed by atoms with Crippen molar-refractivity contribution in [1.29, 1.82) is 0 Å². The number of amides is 1. The number of aliphatic hydroxyl groups excluding tert-OH is 1. The molecule has 0 bridgehead atoms. The highest BCUT2D eigenvalue weighted by Crippen LogP contribution is 2.43. The van der Waals surface area contributed by atoms with Gasteiger partial charge >= 0.3 is 0 Å². The van der Waals surface area contributed by atoms with Gasteiger partial charge in [0.15, 0.2) is 11.5 Å². The van der Waals surface area contributed by atoms with Gasteiger partial charge in [0, 0.05) is 28.5 Å². The summed E-state index contributed by atoms with van der Waals surface area (Å²) in [6.07, 6.45) is 3.17. The molecule has 0 saturated heterocycles. The molecule has 0 aliphatic carbocycles. The van der Waals surface area contributed by atoms with E-state index >= 15 is 0 Å². The van der Waals surface area contributed by atoms with Crippen molar-refractivity contribution >= 4 is 39.9 Å². The summed E-state index contributed by atoms with van der Waals surface area (Å²) in [5.41, 5.74) is 2.33.